The van der Waals surface area contributed by atoms with Crippen molar-refractivity contribution in [3.05, 3.63) is 88.1 Å². The van der Waals surface area contributed by atoms with Gasteiger partial charge in [0, 0.05) is 41.5 Å². The second kappa shape index (κ2) is 9.31. The van der Waals surface area contributed by atoms with E-state index < -0.39 is 0 Å². The van der Waals surface area contributed by atoms with Crippen LogP contribution in [0.5, 0.6) is 5.88 Å². The molecule has 5 nitrogen and oxygen atoms in total. The number of nitrogens with zero attached hydrogens (tertiary/aromatic N) is 2. The van der Waals surface area contributed by atoms with Crippen molar-refractivity contribution in [1.82, 2.24) is 4.98 Å². The van der Waals surface area contributed by atoms with Gasteiger partial charge >= 0.3 is 0 Å². The van der Waals surface area contributed by atoms with Crippen molar-refractivity contribution < 1.29 is 14.3 Å². The van der Waals surface area contributed by atoms with Crippen LogP contribution < -0.4 is 9.64 Å². The number of rotatable bonds is 7. The van der Waals surface area contributed by atoms with Gasteiger partial charge in [0.15, 0.2) is 12.1 Å². The van der Waals surface area contributed by atoms with E-state index in [1.807, 2.05) is 37.3 Å². The number of ether oxygens (including phenoxy) is 1. The second-order valence-electron chi connectivity index (χ2n) is 7.50. The Hall–Kier alpha value is -3.18. The van der Waals surface area contributed by atoms with Crippen molar-refractivity contribution in [2.45, 2.75) is 25.9 Å². The highest BCUT2D eigenvalue weighted by atomic mass is 35.5. The Morgan fingerprint density at radius 3 is 2.84 bits per heavy atom. The van der Waals surface area contributed by atoms with Crippen LogP contribution in [-0.2, 0) is 6.42 Å². The van der Waals surface area contributed by atoms with Gasteiger partial charge in [-0.15, -0.1) is 0 Å². The molecule has 3 aromatic rings. The van der Waals surface area contributed by atoms with Crippen LogP contribution in [0, 0.1) is 0 Å². The summed E-state index contributed by atoms with van der Waals surface area (Å²) in [6.07, 6.45) is 3.93. The summed E-state index contributed by atoms with van der Waals surface area (Å²) >= 11 is 6.14. The number of halogens is 1. The van der Waals surface area contributed by atoms with Gasteiger partial charge in [0.1, 0.15) is 11.1 Å². The summed E-state index contributed by atoms with van der Waals surface area (Å²) in [5.41, 5.74) is 3.48. The average Bonchev–Trinajstić information content (AvgIpc) is 3.28. The standard InChI is InChI=1S/C25H23ClN2O3/c1-2-17-6-3-4-7-21(17)24(30)18-9-10-23(19(14-18)16-29)28-13-11-20(15-28)31-25-22(26)8-5-12-27-25/h3-10,12,14,16,20H,2,11,13,15H2,1H3/t20-/m0/s1. The first kappa shape index (κ1) is 21.1. The Morgan fingerprint density at radius 1 is 1.23 bits per heavy atom. The van der Waals surface area contributed by atoms with Crippen molar-refractivity contribution in [3.8, 4) is 5.88 Å². The first-order valence-electron chi connectivity index (χ1n) is 10.3. The number of ketones is 1. The van der Waals surface area contributed by atoms with E-state index in [0.29, 0.717) is 34.1 Å². The van der Waals surface area contributed by atoms with Gasteiger partial charge in [0.2, 0.25) is 5.88 Å². The zero-order valence-corrected chi connectivity index (χ0v) is 18.0. The molecule has 0 bridgehead atoms. The summed E-state index contributed by atoms with van der Waals surface area (Å²) in [5, 5.41) is 0.477. The predicted octanol–water partition coefficient (Wildman–Crippen LogP) is 5.00. The fourth-order valence-electron chi connectivity index (χ4n) is 3.94. The van der Waals surface area contributed by atoms with Crippen molar-refractivity contribution in [2.24, 2.45) is 0 Å². The second-order valence-corrected chi connectivity index (χ2v) is 7.90. The molecular formula is C25H23ClN2O3. The van der Waals surface area contributed by atoms with Crippen LogP contribution in [-0.4, -0.2) is 36.2 Å². The minimum Gasteiger partial charge on any atom is -0.471 e. The minimum absolute atomic E-state index is 0.0699. The molecule has 1 aromatic heterocycles. The normalized spacial score (nSPS) is 15.7. The lowest BCUT2D eigenvalue weighted by molar-refractivity contribution is 0.103. The molecule has 0 amide bonds. The van der Waals surface area contributed by atoms with E-state index in [2.05, 4.69) is 9.88 Å². The maximum atomic E-state index is 13.0. The van der Waals surface area contributed by atoms with Gasteiger partial charge in [-0.05, 0) is 42.3 Å². The van der Waals surface area contributed by atoms with Crippen LogP contribution in [0.15, 0.2) is 60.8 Å². The minimum atomic E-state index is -0.0790. The van der Waals surface area contributed by atoms with Crippen LogP contribution in [0.4, 0.5) is 5.69 Å². The average molecular weight is 435 g/mol. The molecular weight excluding hydrogens is 412 g/mol. The van der Waals surface area contributed by atoms with E-state index >= 15 is 0 Å². The number of pyridine rings is 1. The number of hydrogen-bond donors (Lipinski definition) is 0. The lowest BCUT2D eigenvalue weighted by Crippen LogP contribution is -2.25. The van der Waals surface area contributed by atoms with Gasteiger partial charge in [-0.3, -0.25) is 9.59 Å². The van der Waals surface area contributed by atoms with Gasteiger partial charge in [-0.1, -0.05) is 42.8 Å². The topological polar surface area (TPSA) is 59.5 Å². The van der Waals surface area contributed by atoms with E-state index in [0.717, 1.165) is 36.9 Å². The van der Waals surface area contributed by atoms with Crippen LogP contribution in [0.3, 0.4) is 0 Å². The number of carbonyl (C=O) groups is 2. The third-order valence-electron chi connectivity index (χ3n) is 5.55. The molecule has 0 unspecified atom stereocenters. The van der Waals surface area contributed by atoms with Crippen LogP contribution >= 0.6 is 11.6 Å². The molecule has 0 radical (unpaired) electrons. The molecule has 0 spiro atoms. The predicted molar refractivity (Wildman–Crippen MR) is 122 cm³/mol. The number of aldehydes is 1. The van der Waals surface area contributed by atoms with Crippen LogP contribution in [0.25, 0.3) is 0 Å². The molecule has 31 heavy (non-hydrogen) atoms. The third kappa shape index (κ3) is 4.47. The van der Waals surface area contributed by atoms with Crippen molar-refractivity contribution in [2.75, 3.05) is 18.0 Å². The maximum absolute atomic E-state index is 13.0. The fraction of sp³-hybridized carbons (Fsp3) is 0.240. The van der Waals surface area contributed by atoms with Gasteiger partial charge in [-0.2, -0.15) is 0 Å². The molecule has 1 fully saturated rings. The van der Waals surface area contributed by atoms with Gasteiger partial charge < -0.3 is 9.64 Å². The quantitative estimate of drug-likeness (QED) is 0.387. The molecule has 1 aliphatic heterocycles. The van der Waals surface area contributed by atoms with E-state index in [1.54, 1.807) is 30.5 Å². The highest BCUT2D eigenvalue weighted by Gasteiger charge is 2.27. The molecule has 1 aliphatic rings. The fourth-order valence-corrected chi connectivity index (χ4v) is 4.11. The molecule has 1 saturated heterocycles. The highest BCUT2D eigenvalue weighted by molar-refractivity contribution is 6.31. The Bertz CT molecular complexity index is 1120. The van der Waals surface area contributed by atoms with Crippen molar-refractivity contribution in [3.63, 3.8) is 0 Å². The number of aryl methyl sites for hydroxylation is 1. The van der Waals surface area contributed by atoms with E-state index in [4.69, 9.17) is 16.3 Å². The zero-order valence-electron chi connectivity index (χ0n) is 17.3. The van der Waals surface area contributed by atoms with Crippen molar-refractivity contribution in [1.29, 1.82) is 0 Å². The maximum Gasteiger partial charge on any atom is 0.232 e. The molecule has 0 N–H and O–H groups in total. The Kier molecular flexibility index (Phi) is 6.33. The molecule has 2 aromatic carbocycles. The highest BCUT2D eigenvalue weighted by Crippen LogP contribution is 2.29. The van der Waals surface area contributed by atoms with E-state index in [9.17, 15) is 9.59 Å². The van der Waals surface area contributed by atoms with Gasteiger partial charge in [0.25, 0.3) is 0 Å². The number of hydrogen-bond acceptors (Lipinski definition) is 5. The smallest absolute Gasteiger partial charge is 0.232 e. The number of aromatic nitrogens is 1. The lowest BCUT2D eigenvalue weighted by atomic mass is 9.95. The largest absolute Gasteiger partial charge is 0.471 e. The summed E-state index contributed by atoms with van der Waals surface area (Å²) in [6.45, 7) is 3.37. The molecule has 0 saturated carbocycles. The Balaban J connectivity index is 1.53. The first-order valence-corrected chi connectivity index (χ1v) is 10.7. The van der Waals surface area contributed by atoms with Crippen LogP contribution in [0.2, 0.25) is 5.02 Å². The molecule has 2 heterocycles. The van der Waals surface area contributed by atoms with Gasteiger partial charge in [0.05, 0.1) is 6.54 Å². The lowest BCUT2D eigenvalue weighted by Gasteiger charge is -2.21. The van der Waals surface area contributed by atoms with Crippen molar-refractivity contribution >= 4 is 29.4 Å². The molecule has 158 valence electrons. The summed E-state index contributed by atoms with van der Waals surface area (Å²) < 4.78 is 5.95. The molecule has 1 atom stereocenters. The monoisotopic (exact) mass is 434 g/mol. The summed E-state index contributed by atoms with van der Waals surface area (Å²) in [6, 6.07) is 16.4. The summed E-state index contributed by atoms with van der Waals surface area (Å²) in [7, 11) is 0. The summed E-state index contributed by atoms with van der Waals surface area (Å²) in [4.78, 5) is 31.2. The van der Waals surface area contributed by atoms with E-state index in [-0.39, 0.29) is 11.9 Å². The van der Waals surface area contributed by atoms with Crippen LogP contribution in [0.1, 0.15) is 45.2 Å². The first-order chi connectivity index (χ1) is 15.1. The number of benzene rings is 2. The SMILES string of the molecule is CCc1ccccc1C(=O)c1ccc(N2CC[C@H](Oc3ncccc3Cl)C2)c(C=O)c1. The molecule has 0 aliphatic carbocycles. The number of anilines is 1. The Labute approximate surface area is 186 Å². The molecule has 6 heteroatoms. The third-order valence-corrected chi connectivity index (χ3v) is 5.84. The van der Waals surface area contributed by atoms with E-state index in [1.165, 1.54) is 0 Å². The summed E-state index contributed by atoms with van der Waals surface area (Å²) in [5.74, 6) is 0.349. The number of carbonyl (C=O) groups excluding carboxylic acids is 2. The zero-order chi connectivity index (χ0) is 21.8. The Morgan fingerprint density at radius 2 is 2.06 bits per heavy atom. The molecule has 4 rings (SSSR count). The van der Waals surface area contributed by atoms with Gasteiger partial charge in [-0.25, -0.2) is 4.98 Å².